The van der Waals surface area contributed by atoms with Crippen LogP contribution >= 0.6 is 0 Å². The molecule has 2 atom stereocenters. The summed E-state index contributed by atoms with van der Waals surface area (Å²) in [5.74, 6) is -3.38. The van der Waals surface area contributed by atoms with Crippen LogP contribution in [0, 0.1) is 11.8 Å². The maximum atomic E-state index is 13.3. The molecule has 0 aliphatic carbocycles. The van der Waals surface area contributed by atoms with Crippen molar-refractivity contribution in [3.05, 3.63) is 35.9 Å². The summed E-state index contributed by atoms with van der Waals surface area (Å²) in [6.07, 6.45) is -10.4. The Morgan fingerprint density at radius 2 is 1.36 bits per heavy atom. The molecule has 1 aromatic rings. The van der Waals surface area contributed by atoms with Crippen LogP contribution < -0.4 is 0 Å². The van der Waals surface area contributed by atoms with E-state index in [1.54, 1.807) is 35.2 Å². The number of rotatable bonds is 2. The van der Waals surface area contributed by atoms with Gasteiger partial charge in [-0.1, -0.05) is 18.2 Å². The summed E-state index contributed by atoms with van der Waals surface area (Å²) in [5.41, 5.74) is 0.364. The topological polar surface area (TPSA) is 23.6 Å². The molecule has 2 aliphatic heterocycles. The zero-order valence-electron chi connectivity index (χ0n) is 15.1. The fourth-order valence-corrected chi connectivity index (χ4v) is 4.10. The maximum absolute atomic E-state index is 13.3. The molecule has 3 nitrogen and oxygen atoms in total. The van der Waals surface area contributed by atoms with Crippen LogP contribution in [-0.4, -0.2) is 53.9 Å². The third-order valence-electron chi connectivity index (χ3n) is 5.73. The molecule has 2 saturated heterocycles. The van der Waals surface area contributed by atoms with Gasteiger partial charge in [-0.3, -0.25) is 9.69 Å². The summed E-state index contributed by atoms with van der Waals surface area (Å²) in [5, 5.41) is 0. The quantitative estimate of drug-likeness (QED) is 0.663. The molecule has 0 radical (unpaired) electrons. The average molecular weight is 408 g/mol. The van der Waals surface area contributed by atoms with E-state index in [4.69, 9.17) is 0 Å². The predicted molar refractivity (Wildman–Crippen MR) is 90.4 cm³/mol. The van der Waals surface area contributed by atoms with Gasteiger partial charge >= 0.3 is 12.4 Å². The van der Waals surface area contributed by atoms with E-state index in [0.717, 1.165) is 0 Å². The second-order valence-corrected chi connectivity index (χ2v) is 7.46. The van der Waals surface area contributed by atoms with E-state index in [0.29, 0.717) is 5.56 Å². The number of alkyl halides is 6. The van der Waals surface area contributed by atoms with Crippen LogP contribution in [0.3, 0.4) is 0 Å². The number of carbonyl (C=O) groups is 1. The molecule has 2 aliphatic rings. The second kappa shape index (κ2) is 7.93. The number of hydrogen-bond acceptors (Lipinski definition) is 2. The lowest BCUT2D eigenvalue weighted by Crippen LogP contribution is -2.58. The molecule has 0 bridgehead atoms. The van der Waals surface area contributed by atoms with Gasteiger partial charge < -0.3 is 4.90 Å². The molecule has 9 heteroatoms. The fourth-order valence-electron chi connectivity index (χ4n) is 4.10. The molecule has 0 aromatic heterocycles. The Balaban J connectivity index is 1.78. The standard InChI is InChI=1S/C19H22F6N2O/c20-18(21,22)14-6-9-26(10-7-14)16-12-15(19(23,24)25)8-11-27(16)17(28)13-4-2-1-3-5-13/h1-5,14-16H,6-12H2. The number of hydrogen-bond donors (Lipinski definition) is 0. The van der Waals surface area contributed by atoms with Gasteiger partial charge in [0.2, 0.25) is 0 Å². The number of benzene rings is 1. The number of likely N-dealkylation sites (tertiary alicyclic amines) is 2. The zero-order chi connectivity index (χ0) is 20.5. The first-order valence-corrected chi connectivity index (χ1v) is 9.31. The molecule has 1 aromatic carbocycles. The highest BCUT2D eigenvalue weighted by molar-refractivity contribution is 5.94. The lowest BCUT2D eigenvalue weighted by atomic mass is 9.90. The highest BCUT2D eigenvalue weighted by Crippen LogP contribution is 2.40. The van der Waals surface area contributed by atoms with Gasteiger partial charge in [0.1, 0.15) is 0 Å². The minimum atomic E-state index is -4.38. The smallest absolute Gasteiger partial charge is 0.323 e. The fraction of sp³-hybridized carbons (Fsp3) is 0.632. The largest absolute Gasteiger partial charge is 0.392 e. The van der Waals surface area contributed by atoms with Crippen molar-refractivity contribution < 1.29 is 31.1 Å². The molecule has 3 rings (SSSR count). The van der Waals surface area contributed by atoms with Crippen LogP contribution in [0.5, 0.6) is 0 Å². The Kier molecular flexibility index (Phi) is 5.93. The van der Waals surface area contributed by atoms with Crippen molar-refractivity contribution in [3.8, 4) is 0 Å². The SMILES string of the molecule is O=C(c1ccccc1)N1CCC(C(F)(F)F)CC1N1CCC(C(F)(F)F)CC1. The summed E-state index contributed by atoms with van der Waals surface area (Å²) >= 11 is 0. The summed E-state index contributed by atoms with van der Waals surface area (Å²) in [6.45, 7) is -0.0161. The van der Waals surface area contributed by atoms with Gasteiger partial charge in [0.05, 0.1) is 18.0 Å². The maximum Gasteiger partial charge on any atom is 0.392 e. The number of amides is 1. The van der Waals surface area contributed by atoms with E-state index in [2.05, 4.69) is 0 Å². The van der Waals surface area contributed by atoms with Gasteiger partial charge in [-0.15, -0.1) is 0 Å². The third kappa shape index (κ3) is 4.61. The first-order chi connectivity index (χ1) is 13.1. The molecule has 156 valence electrons. The van der Waals surface area contributed by atoms with Crippen LogP contribution in [0.1, 0.15) is 36.0 Å². The summed E-state index contributed by atoms with van der Waals surface area (Å²) < 4.78 is 78.6. The molecule has 0 spiro atoms. The normalized spacial score (nSPS) is 25.7. The molecule has 2 fully saturated rings. The highest BCUT2D eigenvalue weighted by atomic mass is 19.4. The van der Waals surface area contributed by atoms with Gasteiger partial charge in [0, 0.05) is 25.2 Å². The highest BCUT2D eigenvalue weighted by Gasteiger charge is 2.48. The Morgan fingerprint density at radius 1 is 0.821 bits per heavy atom. The van der Waals surface area contributed by atoms with E-state index in [1.807, 2.05) is 0 Å². The van der Waals surface area contributed by atoms with Crippen LogP contribution in [-0.2, 0) is 0 Å². The molecular formula is C19H22F6N2O. The van der Waals surface area contributed by atoms with E-state index < -0.39 is 30.4 Å². The minimum absolute atomic E-state index is 0.0258. The van der Waals surface area contributed by atoms with Crippen molar-refractivity contribution in [1.29, 1.82) is 0 Å². The molecular weight excluding hydrogens is 386 g/mol. The van der Waals surface area contributed by atoms with Crippen molar-refractivity contribution in [2.75, 3.05) is 19.6 Å². The Bertz CT molecular complexity index is 667. The lowest BCUT2D eigenvalue weighted by molar-refractivity contribution is -0.202. The van der Waals surface area contributed by atoms with Gasteiger partial charge in [0.15, 0.2) is 0 Å². The molecule has 0 saturated carbocycles. The van der Waals surface area contributed by atoms with Gasteiger partial charge in [-0.05, 0) is 37.8 Å². The number of carbonyl (C=O) groups excluding carboxylic acids is 1. The van der Waals surface area contributed by atoms with Crippen LogP contribution in [0.4, 0.5) is 26.3 Å². The van der Waals surface area contributed by atoms with E-state index in [1.165, 1.54) is 4.90 Å². The number of halogens is 6. The van der Waals surface area contributed by atoms with Gasteiger partial charge in [-0.2, -0.15) is 26.3 Å². The third-order valence-corrected chi connectivity index (χ3v) is 5.73. The van der Waals surface area contributed by atoms with E-state index >= 15 is 0 Å². The monoisotopic (exact) mass is 408 g/mol. The van der Waals surface area contributed by atoms with Crippen LogP contribution in [0.2, 0.25) is 0 Å². The first-order valence-electron chi connectivity index (χ1n) is 9.31. The summed E-state index contributed by atoms with van der Waals surface area (Å²) in [7, 11) is 0. The van der Waals surface area contributed by atoms with Crippen molar-refractivity contribution in [3.63, 3.8) is 0 Å². The van der Waals surface area contributed by atoms with Crippen LogP contribution in [0.15, 0.2) is 30.3 Å². The summed E-state index contributed by atoms with van der Waals surface area (Å²) in [6, 6.07) is 8.24. The van der Waals surface area contributed by atoms with E-state index in [-0.39, 0.29) is 51.2 Å². The lowest BCUT2D eigenvalue weighted by Gasteiger charge is -2.47. The Hall–Kier alpha value is -1.77. The first kappa shape index (κ1) is 21.0. The second-order valence-electron chi connectivity index (χ2n) is 7.46. The van der Waals surface area contributed by atoms with E-state index in [9.17, 15) is 31.1 Å². The van der Waals surface area contributed by atoms with Gasteiger partial charge in [0.25, 0.3) is 5.91 Å². The average Bonchev–Trinajstić information content (AvgIpc) is 2.66. The number of nitrogens with zero attached hydrogens (tertiary/aromatic N) is 2. The Morgan fingerprint density at radius 3 is 1.89 bits per heavy atom. The number of piperidine rings is 2. The molecule has 0 N–H and O–H groups in total. The van der Waals surface area contributed by atoms with Crippen molar-refractivity contribution in [1.82, 2.24) is 9.80 Å². The van der Waals surface area contributed by atoms with Gasteiger partial charge in [-0.25, -0.2) is 0 Å². The molecule has 2 unspecified atom stereocenters. The summed E-state index contributed by atoms with van der Waals surface area (Å²) in [4.78, 5) is 15.9. The van der Waals surface area contributed by atoms with Crippen LogP contribution in [0.25, 0.3) is 0 Å². The Labute approximate surface area is 159 Å². The zero-order valence-corrected chi connectivity index (χ0v) is 15.1. The molecule has 28 heavy (non-hydrogen) atoms. The minimum Gasteiger partial charge on any atom is -0.323 e. The predicted octanol–water partition coefficient (Wildman–Crippen LogP) is 4.70. The van der Waals surface area contributed by atoms with Crippen molar-refractivity contribution in [2.24, 2.45) is 11.8 Å². The molecule has 1 amide bonds. The molecule has 2 heterocycles. The van der Waals surface area contributed by atoms with Crippen molar-refractivity contribution in [2.45, 2.75) is 44.2 Å². The van der Waals surface area contributed by atoms with Crippen molar-refractivity contribution >= 4 is 5.91 Å².